The standard InChI is InChI=1S/C6H9NO2/c1-7-4-6(2-3-6)5(8)9/h4H,2-3H2,1H3,(H,8,9)/b7-4+. The van der Waals surface area contributed by atoms with Crippen molar-refractivity contribution < 1.29 is 9.90 Å². The number of carboxylic acids is 1. The van der Waals surface area contributed by atoms with E-state index >= 15 is 0 Å². The fraction of sp³-hybridized carbons (Fsp3) is 0.667. The predicted octanol–water partition coefficient (Wildman–Crippen LogP) is 0.552. The van der Waals surface area contributed by atoms with Crippen LogP contribution in [0.5, 0.6) is 0 Å². The zero-order valence-corrected chi connectivity index (χ0v) is 5.29. The monoisotopic (exact) mass is 127 g/mol. The topological polar surface area (TPSA) is 49.7 Å². The van der Waals surface area contributed by atoms with Gasteiger partial charge in [-0.05, 0) is 12.8 Å². The highest BCUT2D eigenvalue weighted by Gasteiger charge is 2.48. The van der Waals surface area contributed by atoms with Gasteiger partial charge in [0.1, 0.15) is 5.41 Å². The number of hydrogen-bond donors (Lipinski definition) is 1. The molecule has 0 amide bonds. The highest BCUT2D eigenvalue weighted by molar-refractivity contribution is 5.97. The second-order valence-electron chi connectivity index (χ2n) is 2.35. The van der Waals surface area contributed by atoms with E-state index in [9.17, 15) is 4.79 Å². The van der Waals surface area contributed by atoms with Crippen molar-refractivity contribution in [2.45, 2.75) is 12.8 Å². The molecule has 1 fully saturated rings. The summed E-state index contributed by atoms with van der Waals surface area (Å²) in [7, 11) is 1.60. The molecule has 0 unspecified atom stereocenters. The van der Waals surface area contributed by atoms with E-state index in [-0.39, 0.29) is 0 Å². The van der Waals surface area contributed by atoms with Gasteiger partial charge in [0.05, 0.1) is 0 Å². The van der Waals surface area contributed by atoms with Crippen molar-refractivity contribution in [3.8, 4) is 0 Å². The molecule has 50 valence electrons. The van der Waals surface area contributed by atoms with Gasteiger partial charge in [-0.1, -0.05) is 0 Å². The van der Waals surface area contributed by atoms with Crippen LogP contribution in [0.3, 0.4) is 0 Å². The first-order valence-corrected chi connectivity index (χ1v) is 2.88. The summed E-state index contributed by atoms with van der Waals surface area (Å²) in [6.45, 7) is 0. The molecule has 1 aliphatic rings. The van der Waals surface area contributed by atoms with Gasteiger partial charge in [0, 0.05) is 13.3 Å². The Kier molecular flexibility index (Phi) is 1.27. The molecule has 1 N–H and O–H groups in total. The number of aliphatic carboxylic acids is 1. The minimum Gasteiger partial charge on any atom is -0.481 e. The van der Waals surface area contributed by atoms with E-state index in [1.165, 1.54) is 6.21 Å². The van der Waals surface area contributed by atoms with Gasteiger partial charge in [-0.2, -0.15) is 0 Å². The summed E-state index contributed by atoms with van der Waals surface area (Å²) in [6.07, 6.45) is 3.02. The Bertz CT molecular complexity index is 158. The van der Waals surface area contributed by atoms with Crippen LogP contribution in [0.2, 0.25) is 0 Å². The first kappa shape index (κ1) is 6.26. The Morgan fingerprint density at radius 3 is 2.44 bits per heavy atom. The van der Waals surface area contributed by atoms with Gasteiger partial charge in [0.25, 0.3) is 0 Å². The van der Waals surface area contributed by atoms with Crippen LogP contribution in [0.4, 0.5) is 0 Å². The van der Waals surface area contributed by atoms with Crippen molar-refractivity contribution in [1.29, 1.82) is 0 Å². The van der Waals surface area contributed by atoms with E-state index in [0.717, 1.165) is 12.8 Å². The zero-order valence-electron chi connectivity index (χ0n) is 5.29. The Labute approximate surface area is 53.4 Å². The average Bonchev–Trinajstić information content (AvgIpc) is 2.49. The Morgan fingerprint density at radius 1 is 1.78 bits per heavy atom. The Balaban J connectivity index is 2.63. The molecule has 0 bridgehead atoms. The van der Waals surface area contributed by atoms with Crippen LogP contribution in [0.1, 0.15) is 12.8 Å². The van der Waals surface area contributed by atoms with Crippen LogP contribution in [-0.2, 0) is 4.79 Å². The maximum atomic E-state index is 10.4. The number of rotatable bonds is 2. The smallest absolute Gasteiger partial charge is 0.315 e. The third-order valence-corrected chi connectivity index (χ3v) is 1.59. The molecule has 1 saturated carbocycles. The van der Waals surface area contributed by atoms with Crippen LogP contribution in [-0.4, -0.2) is 24.3 Å². The lowest BCUT2D eigenvalue weighted by Crippen LogP contribution is -2.15. The van der Waals surface area contributed by atoms with Gasteiger partial charge >= 0.3 is 5.97 Å². The van der Waals surface area contributed by atoms with Gasteiger partial charge in [-0.3, -0.25) is 9.79 Å². The van der Waals surface area contributed by atoms with Crippen molar-refractivity contribution in [2.75, 3.05) is 7.05 Å². The molecule has 0 heterocycles. The molecular weight excluding hydrogens is 118 g/mol. The van der Waals surface area contributed by atoms with Gasteiger partial charge in [0.2, 0.25) is 0 Å². The second kappa shape index (κ2) is 1.83. The molecular formula is C6H9NO2. The van der Waals surface area contributed by atoms with E-state index in [2.05, 4.69) is 4.99 Å². The van der Waals surface area contributed by atoms with E-state index in [1.54, 1.807) is 7.05 Å². The lowest BCUT2D eigenvalue weighted by molar-refractivity contribution is -0.140. The summed E-state index contributed by atoms with van der Waals surface area (Å²) in [5.41, 5.74) is -0.575. The molecule has 0 aromatic rings. The van der Waals surface area contributed by atoms with Crippen molar-refractivity contribution in [3.05, 3.63) is 0 Å². The van der Waals surface area contributed by atoms with Gasteiger partial charge < -0.3 is 5.11 Å². The highest BCUT2D eigenvalue weighted by Crippen LogP contribution is 2.43. The van der Waals surface area contributed by atoms with Crippen LogP contribution in [0.25, 0.3) is 0 Å². The molecule has 3 nitrogen and oxygen atoms in total. The van der Waals surface area contributed by atoms with Crippen LogP contribution in [0, 0.1) is 5.41 Å². The summed E-state index contributed by atoms with van der Waals surface area (Å²) < 4.78 is 0. The molecule has 0 radical (unpaired) electrons. The van der Waals surface area contributed by atoms with E-state index in [4.69, 9.17) is 5.11 Å². The summed E-state index contributed by atoms with van der Waals surface area (Å²) in [5.74, 6) is -0.742. The number of nitrogens with zero attached hydrogens (tertiary/aromatic N) is 1. The summed E-state index contributed by atoms with van der Waals surface area (Å²) in [5, 5.41) is 8.54. The van der Waals surface area contributed by atoms with Crippen molar-refractivity contribution in [2.24, 2.45) is 10.4 Å². The van der Waals surface area contributed by atoms with Crippen LogP contribution in [0.15, 0.2) is 4.99 Å². The maximum Gasteiger partial charge on any atom is 0.315 e. The van der Waals surface area contributed by atoms with Gasteiger partial charge in [-0.25, -0.2) is 0 Å². The molecule has 3 heteroatoms. The SMILES string of the molecule is C/N=C/C1(C(=O)O)CC1. The lowest BCUT2D eigenvalue weighted by atomic mass is 10.1. The maximum absolute atomic E-state index is 10.4. The minimum absolute atomic E-state index is 0.575. The number of carboxylic acid groups (broad SMARTS) is 1. The number of aliphatic imine (C=N–C) groups is 1. The molecule has 0 atom stereocenters. The number of hydrogen-bond acceptors (Lipinski definition) is 2. The first-order chi connectivity index (χ1) is 4.21. The van der Waals surface area contributed by atoms with E-state index in [0.29, 0.717) is 0 Å². The summed E-state index contributed by atoms with van der Waals surface area (Å²) >= 11 is 0. The summed E-state index contributed by atoms with van der Waals surface area (Å²) in [6, 6.07) is 0. The highest BCUT2D eigenvalue weighted by atomic mass is 16.4. The normalized spacial score (nSPS) is 22.3. The molecule has 0 saturated heterocycles. The quantitative estimate of drug-likeness (QED) is 0.551. The van der Waals surface area contributed by atoms with Gasteiger partial charge in [0.15, 0.2) is 0 Å². The van der Waals surface area contributed by atoms with E-state index < -0.39 is 11.4 Å². The van der Waals surface area contributed by atoms with Crippen molar-refractivity contribution >= 4 is 12.2 Å². The molecule has 1 aliphatic carbocycles. The second-order valence-corrected chi connectivity index (χ2v) is 2.35. The van der Waals surface area contributed by atoms with E-state index in [1.807, 2.05) is 0 Å². The largest absolute Gasteiger partial charge is 0.481 e. The fourth-order valence-electron chi connectivity index (χ4n) is 0.780. The molecule has 0 aromatic carbocycles. The average molecular weight is 127 g/mol. The first-order valence-electron chi connectivity index (χ1n) is 2.88. The van der Waals surface area contributed by atoms with Gasteiger partial charge in [-0.15, -0.1) is 0 Å². The molecule has 0 aromatic heterocycles. The molecule has 9 heavy (non-hydrogen) atoms. The van der Waals surface area contributed by atoms with Crippen LogP contribution >= 0.6 is 0 Å². The number of carbonyl (C=O) groups is 1. The molecule has 0 spiro atoms. The summed E-state index contributed by atoms with van der Waals surface area (Å²) in [4.78, 5) is 14.1. The fourth-order valence-corrected chi connectivity index (χ4v) is 0.780. The van der Waals surface area contributed by atoms with Crippen LogP contribution < -0.4 is 0 Å². The third kappa shape index (κ3) is 0.943. The zero-order chi connectivity index (χ0) is 6.91. The predicted molar refractivity (Wildman–Crippen MR) is 33.7 cm³/mol. The third-order valence-electron chi connectivity index (χ3n) is 1.59. The molecule has 1 rings (SSSR count). The molecule has 0 aliphatic heterocycles. The minimum atomic E-state index is -0.742. The van der Waals surface area contributed by atoms with Crippen molar-refractivity contribution in [1.82, 2.24) is 0 Å². The lowest BCUT2D eigenvalue weighted by Gasteiger charge is -1.97. The Hall–Kier alpha value is -0.860. The van der Waals surface area contributed by atoms with Crippen molar-refractivity contribution in [3.63, 3.8) is 0 Å². The Morgan fingerprint density at radius 2 is 2.33 bits per heavy atom.